The van der Waals surface area contributed by atoms with Crippen molar-refractivity contribution in [2.75, 3.05) is 12.4 Å². The van der Waals surface area contributed by atoms with E-state index in [1.54, 1.807) is 13.3 Å². The third kappa shape index (κ3) is 5.06. The molecule has 2 heterocycles. The van der Waals surface area contributed by atoms with Gasteiger partial charge in [-0.15, -0.1) is 0 Å². The monoisotopic (exact) mass is 472 g/mol. The number of nitrogens with zero attached hydrogens (tertiary/aromatic N) is 1. The van der Waals surface area contributed by atoms with Crippen LogP contribution >= 0.6 is 0 Å². The van der Waals surface area contributed by atoms with Crippen LogP contribution in [0.3, 0.4) is 0 Å². The van der Waals surface area contributed by atoms with Gasteiger partial charge in [0.1, 0.15) is 6.04 Å². The Labute approximate surface area is 204 Å². The van der Waals surface area contributed by atoms with Crippen molar-refractivity contribution in [2.24, 2.45) is 0 Å². The van der Waals surface area contributed by atoms with Crippen LogP contribution in [0.4, 0.5) is 10.5 Å². The SMILES string of the molecule is COc1ccc(C(Nc2ccc(C3NC(=O)NC3=O)cc2)c2cccnc2)cc1OC1CCCC1. The topological polar surface area (TPSA) is 102 Å². The van der Waals surface area contributed by atoms with Gasteiger partial charge in [-0.3, -0.25) is 15.1 Å². The van der Waals surface area contributed by atoms with Gasteiger partial charge in [-0.1, -0.05) is 24.3 Å². The van der Waals surface area contributed by atoms with Gasteiger partial charge in [0.05, 0.1) is 19.3 Å². The third-order valence-electron chi connectivity index (χ3n) is 6.46. The lowest BCUT2D eigenvalue weighted by Crippen LogP contribution is -2.22. The number of methoxy groups -OCH3 is 1. The number of nitrogens with one attached hydrogen (secondary N) is 3. The summed E-state index contributed by atoms with van der Waals surface area (Å²) in [5.74, 6) is 1.11. The molecule has 2 aliphatic rings. The molecule has 3 amide bonds. The van der Waals surface area contributed by atoms with Gasteiger partial charge in [-0.05, 0) is 72.7 Å². The Kier molecular flexibility index (Phi) is 6.52. The van der Waals surface area contributed by atoms with Gasteiger partial charge in [0.25, 0.3) is 5.91 Å². The molecule has 2 aromatic carbocycles. The summed E-state index contributed by atoms with van der Waals surface area (Å²) < 4.78 is 11.9. The summed E-state index contributed by atoms with van der Waals surface area (Å²) in [6.45, 7) is 0. The van der Waals surface area contributed by atoms with E-state index in [9.17, 15) is 9.59 Å². The highest BCUT2D eigenvalue weighted by Gasteiger charge is 2.30. The van der Waals surface area contributed by atoms with Crippen molar-refractivity contribution in [3.05, 3.63) is 83.7 Å². The zero-order valence-corrected chi connectivity index (χ0v) is 19.5. The predicted molar refractivity (Wildman–Crippen MR) is 131 cm³/mol. The average Bonchev–Trinajstić information content (AvgIpc) is 3.52. The van der Waals surface area contributed by atoms with Gasteiger partial charge in [0.2, 0.25) is 0 Å². The molecule has 1 aromatic heterocycles. The number of imide groups is 1. The van der Waals surface area contributed by atoms with E-state index in [0.29, 0.717) is 11.3 Å². The molecular weight excluding hydrogens is 444 g/mol. The molecule has 3 N–H and O–H groups in total. The summed E-state index contributed by atoms with van der Waals surface area (Å²) >= 11 is 0. The van der Waals surface area contributed by atoms with E-state index in [-0.39, 0.29) is 18.1 Å². The normalized spacial score (nSPS) is 18.6. The fourth-order valence-electron chi connectivity index (χ4n) is 4.65. The highest BCUT2D eigenvalue weighted by atomic mass is 16.5. The minimum absolute atomic E-state index is 0.194. The molecule has 2 unspecified atom stereocenters. The van der Waals surface area contributed by atoms with E-state index in [1.165, 1.54) is 12.8 Å². The predicted octanol–water partition coefficient (Wildman–Crippen LogP) is 4.49. The van der Waals surface area contributed by atoms with Gasteiger partial charge < -0.3 is 20.1 Å². The van der Waals surface area contributed by atoms with E-state index >= 15 is 0 Å². The fraction of sp³-hybridized carbons (Fsp3) is 0.296. The Bertz CT molecular complexity index is 1190. The highest BCUT2D eigenvalue weighted by Crippen LogP contribution is 2.36. The Morgan fingerprint density at radius 2 is 1.80 bits per heavy atom. The first kappa shape index (κ1) is 22.7. The largest absolute Gasteiger partial charge is 0.493 e. The zero-order chi connectivity index (χ0) is 24.2. The number of anilines is 1. The lowest BCUT2D eigenvalue weighted by molar-refractivity contribution is -0.120. The highest BCUT2D eigenvalue weighted by molar-refractivity contribution is 6.04. The molecule has 8 heteroatoms. The Morgan fingerprint density at radius 1 is 1.00 bits per heavy atom. The minimum atomic E-state index is -0.678. The van der Waals surface area contributed by atoms with E-state index in [0.717, 1.165) is 35.4 Å². The van der Waals surface area contributed by atoms with Gasteiger partial charge in [0, 0.05) is 18.1 Å². The van der Waals surface area contributed by atoms with Crippen LogP contribution in [0.15, 0.2) is 67.0 Å². The molecular formula is C27H28N4O4. The molecule has 2 atom stereocenters. The number of hydrogen-bond donors (Lipinski definition) is 3. The smallest absolute Gasteiger partial charge is 0.322 e. The number of carbonyl (C=O) groups is 2. The Hall–Kier alpha value is -4.07. The van der Waals surface area contributed by atoms with Crippen LogP contribution in [0.5, 0.6) is 11.5 Å². The van der Waals surface area contributed by atoms with Crippen molar-refractivity contribution in [3.63, 3.8) is 0 Å². The number of benzene rings is 2. The van der Waals surface area contributed by atoms with E-state index < -0.39 is 12.1 Å². The molecule has 35 heavy (non-hydrogen) atoms. The quantitative estimate of drug-likeness (QED) is 0.418. The van der Waals surface area contributed by atoms with Crippen LogP contribution in [-0.2, 0) is 4.79 Å². The number of aromatic nitrogens is 1. The van der Waals surface area contributed by atoms with Gasteiger partial charge in [-0.25, -0.2) is 4.79 Å². The fourth-order valence-corrected chi connectivity index (χ4v) is 4.65. The van der Waals surface area contributed by atoms with Crippen molar-refractivity contribution in [1.29, 1.82) is 0 Å². The summed E-state index contributed by atoms with van der Waals surface area (Å²) in [4.78, 5) is 27.8. The average molecular weight is 473 g/mol. The Balaban J connectivity index is 1.43. The second kappa shape index (κ2) is 10.0. The van der Waals surface area contributed by atoms with Gasteiger partial charge >= 0.3 is 6.03 Å². The van der Waals surface area contributed by atoms with Crippen LogP contribution in [-0.4, -0.2) is 30.1 Å². The maximum absolute atomic E-state index is 12.0. The lowest BCUT2D eigenvalue weighted by Gasteiger charge is -2.23. The summed E-state index contributed by atoms with van der Waals surface area (Å²) in [6, 6.07) is 16.1. The van der Waals surface area contributed by atoms with E-state index in [4.69, 9.17) is 9.47 Å². The van der Waals surface area contributed by atoms with Crippen LogP contribution in [0.2, 0.25) is 0 Å². The number of ether oxygens (including phenoxy) is 2. The number of carbonyl (C=O) groups excluding carboxylic acids is 2. The molecule has 1 aliphatic heterocycles. The standard InChI is InChI=1S/C27H28N4O4/c1-34-22-13-10-18(15-23(22)35-21-6-2-3-7-21)24(19-5-4-14-28-16-19)29-20-11-8-17(9-12-20)25-26(32)31-27(33)30-25/h4-5,8-16,21,24-25,29H,2-3,6-7H2,1H3,(H2,30,31,32,33). The van der Waals surface area contributed by atoms with Crippen molar-refractivity contribution in [3.8, 4) is 11.5 Å². The van der Waals surface area contributed by atoms with Gasteiger partial charge in [0.15, 0.2) is 11.5 Å². The first-order valence-electron chi connectivity index (χ1n) is 11.8. The van der Waals surface area contributed by atoms with Crippen molar-refractivity contribution < 1.29 is 19.1 Å². The molecule has 1 aliphatic carbocycles. The first-order chi connectivity index (χ1) is 17.1. The maximum Gasteiger partial charge on any atom is 0.322 e. The molecule has 180 valence electrons. The summed E-state index contributed by atoms with van der Waals surface area (Å²) in [5, 5.41) is 8.47. The van der Waals surface area contributed by atoms with Crippen LogP contribution in [0.25, 0.3) is 0 Å². The van der Waals surface area contributed by atoms with E-state index in [2.05, 4.69) is 20.9 Å². The van der Waals surface area contributed by atoms with Crippen molar-refractivity contribution >= 4 is 17.6 Å². The van der Waals surface area contributed by atoms with Crippen LogP contribution in [0.1, 0.15) is 54.5 Å². The summed E-state index contributed by atoms with van der Waals surface area (Å²) in [6.07, 6.45) is 8.30. The minimum Gasteiger partial charge on any atom is -0.493 e. The van der Waals surface area contributed by atoms with E-state index in [1.807, 2.05) is 60.8 Å². The number of hydrogen-bond acceptors (Lipinski definition) is 6. The molecule has 1 saturated heterocycles. The molecule has 3 aromatic rings. The number of pyridine rings is 1. The molecule has 1 saturated carbocycles. The molecule has 5 rings (SSSR count). The zero-order valence-electron chi connectivity index (χ0n) is 19.5. The molecule has 0 spiro atoms. The summed E-state index contributed by atoms with van der Waals surface area (Å²) in [5.41, 5.74) is 3.59. The Morgan fingerprint density at radius 3 is 2.46 bits per heavy atom. The van der Waals surface area contributed by atoms with Crippen molar-refractivity contribution in [1.82, 2.24) is 15.6 Å². The first-order valence-corrected chi connectivity index (χ1v) is 11.8. The second-order valence-electron chi connectivity index (χ2n) is 8.82. The number of rotatable bonds is 8. The van der Waals surface area contributed by atoms with Crippen molar-refractivity contribution in [2.45, 2.75) is 43.9 Å². The molecule has 0 radical (unpaired) electrons. The van der Waals surface area contributed by atoms with Crippen LogP contribution in [0, 0.1) is 0 Å². The number of urea groups is 1. The summed E-state index contributed by atoms with van der Waals surface area (Å²) in [7, 11) is 1.65. The van der Waals surface area contributed by atoms with Crippen LogP contribution < -0.4 is 25.4 Å². The molecule has 2 fully saturated rings. The molecule has 0 bridgehead atoms. The molecule has 8 nitrogen and oxygen atoms in total. The number of amides is 3. The second-order valence-corrected chi connectivity index (χ2v) is 8.82. The third-order valence-corrected chi connectivity index (χ3v) is 6.46. The van der Waals surface area contributed by atoms with Gasteiger partial charge in [-0.2, -0.15) is 0 Å². The maximum atomic E-state index is 12.0. The lowest BCUT2D eigenvalue weighted by atomic mass is 9.98.